The number of benzene rings is 2. The van der Waals surface area contributed by atoms with E-state index in [1.165, 1.54) is 0 Å². The monoisotopic (exact) mass is 467 g/mol. The number of anilines is 1. The molecule has 4 rings (SSSR count). The van der Waals surface area contributed by atoms with Crippen molar-refractivity contribution in [3.8, 4) is 28.6 Å². The molecule has 2 aromatic carbocycles. The van der Waals surface area contributed by atoms with Crippen LogP contribution in [-0.2, 0) is 13.6 Å². The van der Waals surface area contributed by atoms with E-state index in [-0.39, 0.29) is 6.03 Å². The number of ether oxygens (including phenoxy) is 3. The van der Waals surface area contributed by atoms with Gasteiger partial charge in [0.15, 0.2) is 17.3 Å². The average molecular weight is 468 g/mol. The topological polar surface area (TPSA) is 107 Å². The van der Waals surface area contributed by atoms with Gasteiger partial charge < -0.3 is 24.4 Å². The number of carbonyl (C=O) groups is 1. The van der Waals surface area contributed by atoms with E-state index < -0.39 is 0 Å². The third-order valence-corrected chi connectivity index (χ3v) is 5.83. The number of hydrogen-bond acceptors (Lipinski definition) is 8. The van der Waals surface area contributed by atoms with Gasteiger partial charge in [-0.05, 0) is 28.6 Å². The third kappa shape index (κ3) is 4.88. The van der Waals surface area contributed by atoms with Crippen molar-refractivity contribution in [2.75, 3.05) is 52.8 Å². The van der Waals surface area contributed by atoms with Gasteiger partial charge in [-0.3, -0.25) is 4.90 Å². The summed E-state index contributed by atoms with van der Waals surface area (Å²) in [6.45, 7) is 3.42. The van der Waals surface area contributed by atoms with E-state index in [2.05, 4.69) is 25.7 Å². The Morgan fingerprint density at radius 2 is 1.76 bits per heavy atom. The highest BCUT2D eigenvalue weighted by molar-refractivity contribution is 5.90. The first-order chi connectivity index (χ1) is 16.5. The summed E-state index contributed by atoms with van der Waals surface area (Å²) in [6.07, 6.45) is 0. The largest absolute Gasteiger partial charge is 0.493 e. The fourth-order valence-electron chi connectivity index (χ4n) is 4.05. The van der Waals surface area contributed by atoms with Gasteiger partial charge >= 0.3 is 6.03 Å². The minimum atomic E-state index is -0.128. The molecule has 3 aromatic rings. The Labute approximate surface area is 198 Å². The summed E-state index contributed by atoms with van der Waals surface area (Å²) in [4.78, 5) is 17.0. The normalized spacial score (nSPS) is 14.1. The number of aryl methyl sites for hydroxylation is 1. The van der Waals surface area contributed by atoms with Gasteiger partial charge in [-0.2, -0.15) is 0 Å². The van der Waals surface area contributed by atoms with Gasteiger partial charge in [-0.1, -0.05) is 18.2 Å². The molecule has 1 fully saturated rings. The zero-order valence-electron chi connectivity index (χ0n) is 19.8. The maximum Gasteiger partial charge on any atom is 0.321 e. The molecule has 11 nitrogen and oxygen atoms in total. The molecule has 0 unspecified atom stereocenters. The van der Waals surface area contributed by atoms with Crippen molar-refractivity contribution in [1.29, 1.82) is 0 Å². The van der Waals surface area contributed by atoms with Gasteiger partial charge in [-0.15, -0.1) is 5.10 Å². The van der Waals surface area contributed by atoms with E-state index >= 15 is 0 Å². The zero-order chi connectivity index (χ0) is 24.1. The predicted octanol–water partition coefficient (Wildman–Crippen LogP) is 2.25. The maximum absolute atomic E-state index is 12.9. The summed E-state index contributed by atoms with van der Waals surface area (Å²) in [5, 5.41) is 14.5. The molecule has 180 valence electrons. The van der Waals surface area contributed by atoms with Crippen molar-refractivity contribution in [3.63, 3.8) is 0 Å². The van der Waals surface area contributed by atoms with E-state index in [9.17, 15) is 4.79 Å². The maximum atomic E-state index is 12.9. The molecule has 2 heterocycles. The van der Waals surface area contributed by atoms with Crippen molar-refractivity contribution < 1.29 is 19.0 Å². The quantitative estimate of drug-likeness (QED) is 0.564. The summed E-state index contributed by atoms with van der Waals surface area (Å²) in [5.74, 6) is 2.51. The van der Waals surface area contributed by atoms with Crippen LogP contribution in [0.4, 0.5) is 10.5 Å². The number of nitrogens with one attached hydrogen (secondary N) is 1. The van der Waals surface area contributed by atoms with Crippen LogP contribution in [0.3, 0.4) is 0 Å². The predicted molar refractivity (Wildman–Crippen MR) is 126 cm³/mol. The van der Waals surface area contributed by atoms with Crippen molar-refractivity contribution in [1.82, 2.24) is 30.0 Å². The molecule has 0 saturated carbocycles. The van der Waals surface area contributed by atoms with E-state index in [1.807, 2.05) is 41.3 Å². The van der Waals surface area contributed by atoms with Crippen molar-refractivity contribution >= 4 is 11.7 Å². The van der Waals surface area contributed by atoms with Gasteiger partial charge in [0.1, 0.15) is 0 Å². The molecule has 1 aliphatic heterocycles. The van der Waals surface area contributed by atoms with E-state index in [4.69, 9.17) is 14.2 Å². The summed E-state index contributed by atoms with van der Waals surface area (Å²) >= 11 is 0. The van der Waals surface area contributed by atoms with Crippen LogP contribution in [0, 0.1) is 0 Å². The fraction of sp³-hybridized carbons (Fsp3) is 0.391. The van der Waals surface area contributed by atoms with Crippen LogP contribution in [0.25, 0.3) is 11.4 Å². The molecule has 1 aromatic heterocycles. The standard InChI is InChI=1S/C23H29N7O4/c1-28-22(25-26-27-28)16-6-5-7-18(14-16)24-23(31)30-12-10-29(11-13-30)15-17-8-9-19(32-2)21(34-4)20(17)33-3/h5-9,14H,10-13,15H2,1-4H3,(H,24,31). The number of piperazine rings is 1. The van der Waals surface area contributed by atoms with Gasteiger partial charge in [0.25, 0.3) is 0 Å². The number of nitrogens with zero attached hydrogens (tertiary/aromatic N) is 6. The Bertz CT molecular complexity index is 1140. The highest BCUT2D eigenvalue weighted by atomic mass is 16.5. The molecule has 0 radical (unpaired) electrons. The van der Waals surface area contributed by atoms with E-state index in [1.54, 1.807) is 33.1 Å². The van der Waals surface area contributed by atoms with Crippen LogP contribution in [0.15, 0.2) is 36.4 Å². The molecule has 0 spiro atoms. The van der Waals surface area contributed by atoms with Crippen molar-refractivity contribution in [3.05, 3.63) is 42.0 Å². The molecule has 0 bridgehead atoms. The van der Waals surface area contributed by atoms with Crippen LogP contribution >= 0.6 is 0 Å². The molecule has 1 aliphatic rings. The van der Waals surface area contributed by atoms with Crippen LogP contribution < -0.4 is 19.5 Å². The Balaban J connectivity index is 1.36. The highest BCUT2D eigenvalue weighted by Crippen LogP contribution is 2.40. The van der Waals surface area contributed by atoms with Crippen molar-refractivity contribution in [2.24, 2.45) is 7.05 Å². The van der Waals surface area contributed by atoms with Crippen molar-refractivity contribution in [2.45, 2.75) is 6.54 Å². The Morgan fingerprint density at radius 3 is 2.41 bits per heavy atom. The van der Waals surface area contributed by atoms with Crippen LogP contribution in [0.5, 0.6) is 17.2 Å². The van der Waals surface area contributed by atoms with Crippen LogP contribution in [0.2, 0.25) is 0 Å². The van der Waals surface area contributed by atoms with E-state index in [0.717, 1.165) is 24.2 Å². The lowest BCUT2D eigenvalue weighted by Gasteiger charge is -2.35. The first-order valence-electron chi connectivity index (χ1n) is 10.9. The molecule has 1 saturated heterocycles. The minimum absolute atomic E-state index is 0.128. The number of carbonyl (C=O) groups excluding carboxylic acids is 1. The van der Waals surface area contributed by atoms with Gasteiger partial charge in [-0.25, -0.2) is 9.48 Å². The Hall–Kier alpha value is -3.86. The SMILES string of the molecule is COc1ccc(CN2CCN(C(=O)Nc3cccc(-c4nnnn4C)c3)CC2)c(OC)c1OC. The summed E-state index contributed by atoms with van der Waals surface area (Å²) in [7, 11) is 6.60. The number of aromatic nitrogens is 4. The molecule has 34 heavy (non-hydrogen) atoms. The van der Waals surface area contributed by atoms with Gasteiger partial charge in [0.2, 0.25) is 5.75 Å². The number of urea groups is 1. The van der Waals surface area contributed by atoms with Crippen LogP contribution in [-0.4, -0.2) is 83.5 Å². The Morgan fingerprint density at radius 1 is 1.00 bits per heavy atom. The molecule has 11 heteroatoms. The lowest BCUT2D eigenvalue weighted by molar-refractivity contribution is 0.142. The number of tetrazole rings is 1. The third-order valence-electron chi connectivity index (χ3n) is 5.83. The summed E-state index contributed by atoms with van der Waals surface area (Å²) in [6, 6.07) is 11.2. The number of hydrogen-bond donors (Lipinski definition) is 1. The fourth-order valence-corrected chi connectivity index (χ4v) is 4.05. The molecule has 1 N–H and O–H groups in total. The average Bonchev–Trinajstić information content (AvgIpc) is 3.30. The highest BCUT2D eigenvalue weighted by Gasteiger charge is 2.24. The van der Waals surface area contributed by atoms with E-state index in [0.29, 0.717) is 48.4 Å². The van der Waals surface area contributed by atoms with Gasteiger partial charge in [0, 0.05) is 56.6 Å². The minimum Gasteiger partial charge on any atom is -0.493 e. The summed E-state index contributed by atoms with van der Waals surface area (Å²) in [5.41, 5.74) is 2.54. The Kier molecular flexibility index (Phi) is 7.12. The molecule has 0 aliphatic carbocycles. The first-order valence-corrected chi connectivity index (χ1v) is 10.9. The number of methoxy groups -OCH3 is 3. The molecule has 0 atom stereocenters. The lowest BCUT2D eigenvalue weighted by Crippen LogP contribution is -2.49. The zero-order valence-corrected chi connectivity index (χ0v) is 19.8. The smallest absolute Gasteiger partial charge is 0.321 e. The summed E-state index contributed by atoms with van der Waals surface area (Å²) < 4.78 is 18.0. The molecule has 2 amide bonds. The number of amides is 2. The lowest BCUT2D eigenvalue weighted by atomic mass is 10.1. The second kappa shape index (κ2) is 10.4. The van der Waals surface area contributed by atoms with Crippen LogP contribution in [0.1, 0.15) is 5.56 Å². The number of rotatable bonds is 7. The first kappa shape index (κ1) is 23.3. The second-order valence-corrected chi connectivity index (χ2v) is 7.89. The molecular weight excluding hydrogens is 438 g/mol. The molecular formula is C23H29N7O4. The van der Waals surface area contributed by atoms with Gasteiger partial charge in [0.05, 0.1) is 21.3 Å². The second-order valence-electron chi connectivity index (χ2n) is 7.89.